The summed E-state index contributed by atoms with van der Waals surface area (Å²) in [6.07, 6.45) is 2.15. The largest absolute Gasteiger partial charge is 0.379 e. The van der Waals surface area contributed by atoms with Crippen molar-refractivity contribution in [1.82, 2.24) is 5.32 Å². The van der Waals surface area contributed by atoms with Gasteiger partial charge in [0.15, 0.2) is 0 Å². The number of hydrogen-bond acceptors (Lipinski definition) is 2. The van der Waals surface area contributed by atoms with Gasteiger partial charge >= 0.3 is 0 Å². The van der Waals surface area contributed by atoms with Gasteiger partial charge in [0.2, 0.25) is 0 Å². The van der Waals surface area contributed by atoms with Gasteiger partial charge in [-0.25, -0.2) is 0 Å². The first-order valence-electron chi connectivity index (χ1n) is 7.00. The summed E-state index contributed by atoms with van der Waals surface area (Å²) < 4.78 is 5.51. The van der Waals surface area contributed by atoms with Gasteiger partial charge in [0.05, 0.1) is 5.60 Å². The van der Waals surface area contributed by atoms with Crippen molar-refractivity contribution in [3.63, 3.8) is 0 Å². The highest BCUT2D eigenvalue weighted by molar-refractivity contribution is 6.30. The van der Waals surface area contributed by atoms with E-state index in [1.165, 1.54) is 5.56 Å². The topological polar surface area (TPSA) is 21.3 Å². The molecule has 0 aliphatic rings. The minimum absolute atomic E-state index is 0.0586. The molecule has 0 spiro atoms. The lowest BCUT2D eigenvalue weighted by Crippen LogP contribution is -2.26. The highest BCUT2D eigenvalue weighted by atomic mass is 35.5. The summed E-state index contributed by atoms with van der Waals surface area (Å²) in [4.78, 5) is 0. The quantitative estimate of drug-likeness (QED) is 0.770. The van der Waals surface area contributed by atoms with Gasteiger partial charge in [0.25, 0.3) is 0 Å². The summed E-state index contributed by atoms with van der Waals surface area (Å²) in [7, 11) is 1.78. The zero-order valence-corrected chi connectivity index (χ0v) is 13.3. The van der Waals surface area contributed by atoms with Crippen molar-refractivity contribution in [2.45, 2.75) is 45.1 Å². The van der Waals surface area contributed by atoms with Crippen LogP contribution in [0.4, 0.5) is 0 Å². The minimum Gasteiger partial charge on any atom is -0.379 e. The number of methoxy groups -OCH3 is 1. The minimum atomic E-state index is -0.0586. The molecule has 19 heavy (non-hydrogen) atoms. The summed E-state index contributed by atoms with van der Waals surface area (Å²) in [5, 5.41) is 4.24. The third-order valence-electron chi connectivity index (χ3n) is 3.63. The fourth-order valence-electron chi connectivity index (χ4n) is 2.06. The number of halogens is 1. The monoisotopic (exact) mass is 283 g/mol. The Morgan fingerprint density at radius 2 is 1.89 bits per heavy atom. The number of hydrogen-bond donors (Lipinski definition) is 1. The second-order valence-electron chi connectivity index (χ2n) is 5.56. The van der Waals surface area contributed by atoms with Crippen molar-refractivity contribution in [3.05, 3.63) is 34.9 Å². The molecule has 0 aliphatic carbocycles. The predicted molar refractivity (Wildman–Crippen MR) is 83.1 cm³/mol. The van der Waals surface area contributed by atoms with Gasteiger partial charge in [-0.1, -0.05) is 30.7 Å². The molecular formula is C16H26ClNO. The van der Waals surface area contributed by atoms with Crippen LogP contribution in [0.5, 0.6) is 0 Å². The standard InChI is InChI=1S/C16H26ClNO/c1-5-18-12-14(10-11-16(2,3)19-4)13-6-8-15(17)9-7-13/h6-9,14,18H,5,10-12H2,1-4H3. The second kappa shape index (κ2) is 7.88. The molecule has 0 aromatic heterocycles. The van der Waals surface area contributed by atoms with Crippen LogP contribution in [0.3, 0.4) is 0 Å². The van der Waals surface area contributed by atoms with E-state index in [4.69, 9.17) is 16.3 Å². The highest BCUT2D eigenvalue weighted by Crippen LogP contribution is 2.26. The van der Waals surface area contributed by atoms with Gasteiger partial charge in [-0.2, -0.15) is 0 Å². The van der Waals surface area contributed by atoms with Gasteiger partial charge in [0, 0.05) is 18.7 Å². The van der Waals surface area contributed by atoms with E-state index in [2.05, 4.69) is 38.2 Å². The fraction of sp³-hybridized carbons (Fsp3) is 0.625. The Kier molecular flexibility index (Phi) is 6.84. The number of benzene rings is 1. The van der Waals surface area contributed by atoms with Crippen molar-refractivity contribution in [3.8, 4) is 0 Å². The first-order valence-corrected chi connectivity index (χ1v) is 7.37. The SMILES string of the molecule is CCNCC(CCC(C)(C)OC)c1ccc(Cl)cc1. The molecule has 0 saturated heterocycles. The fourth-order valence-corrected chi connectivity index (χ4v) is 2.19. The van der Waals surface area contributed by atoms with E-state index in [1.54, 1.807) is 7.11 Å². The van der Waals surface area contributed by atoms with E-state index in [0.29, 0.717) is 5.92 Å². The molecule has 0 amide bonds. The molecule has 0 bridgehead atoms. The molecule has 2 nitrogen and oxygen atoms in total. The van der Waals surface area contributed by atoms with Crippen LogP contribution in [0.2, 0.25) is 5.02 Å². The lowest BCUT2D eigenvalue weighted by molar-refractivity contribution is 0.0124. The molecular weight excluding hydrogens is 258 g/mol. The van der Waals surface area contributed by atoms with E-state index in [1.807, 2.05) is 12.1 Å². The van der Waals surface area contributed by atoms with Crippen LogP contribution >= 0.6 is 11.6 Å². The normalized spacial score (nSPS) is 13.5. The number of rotatable bonds is 8. The zero-order chi connectivity index (χ0) is 14.3. The molecule has 1 atom stereocenters. The molecule has 0 radical (unpaired) electrons. The van der Waals surface area contributed by atoms with Crippen molar-refractivity contribution < 1.29 is 4.74 Å². The molecule has 0 saturated carbocycles. The van der Waals surface area contributed by atoms with Gasteiger partial charge in [-0.3, -0.25) is 0 Å². The molecule has 0 heterocycles. The van der Waals surface area contributed by atoms with E-state index in [9.17, 15) is 0 Å². The van der Waals surface area contributed by atoms with Crippen molar-refractivity contribution in [1.29, 1.82) is 0 Å². The van der Waals surface area contributed by atoms with Crippen molar-refractivity contribution >= 4 is 11.6 Å². The van der Waals surface area contributed by atoms with Crippen LogP contribution < -0.4 is 5.32 Å². The van der Waals surface area contributed by atoms with E-state index in [0.717, 1.165) is 31.0 Å². The molecule has 3 heteroatoms. The van der Waals surface area contributed by atoms with Gasteiger partial charge < -0.3 is 10.1 Å². The lowest BCUT2D eigenvalue weighted by Gasteiger charge is -2.26. The van der Waals surface area contributed by atoms with E-state index < -0.39 is 0 Å². The van der Waals surface area contributed by atoms with Crippen molar-refractivity contribution in [2.75, 3.05) is 20.2 Å². The molecule has 1 rings (SSSR count). The molecule has 1 unspecified atom stereocenters. The summed E-state index contributed by atoms with van der Waals surface area (Å²) in [5.74, 6) is 0.506. The summed E-state index contributed by atoms with van der Waals surface area (Å²) in [6, 6.07) is 8.20. The average molecular weight is 284 g/mol. The van der Waals surface area contributed by atoms with Crippen LogP contribution in [-0.2, 0) is 4.74 Å². The van der Waals surface area contributed by atoms with Crippen molar-refractivity contribution in [2.24, 2.45) is 0 Å². The summed E-state index contributed by atoms with van der Waals surface area (Å²) in [5.41, 5.74) is 1.29. The Labute approximate surface area is 122 Å². The molecule has 1 aromatic rings. The number of ether oxygens (including phenoxy) is 1. The van der Waals surface area contributed by atoms with Crippen LogP contribution in [-0.4, -0.2) is 25.8 Å². The Hall–Kier alpha value is -0.570. The maximum Gasteiger partial charge on any atom is 0.0623 e. The Bertz CT molecular complexity index is 362. The van der Waals surface area contributed by atoms with Gasteiger partial charge in [-0.05, 0) is 56.8 Å². The van der Waals surface area contributed by atoms with Crippen LogP contribution in [0.1, 0.15) is 45.1 Å². The second-order valence-corrected chi connectivity index (χ2v) is 6.00. The van der Waals surface area contributed by atoms with Gasteiger partial charge in [0.1, 0.15) is 0 Å². The molecule has 1 aromatic carbocycles. The Balaban J connectivity index is 2.68. The zero-order valence-electron chi connectivity index (χ0n) is 12.5. The maximum atomic E-state index is 5.96. The Morgan fingerprint density at radius 3 is 2.42 bits per heavy atom. The maximum absolute atomic E-state index is 5.96. The third kappa shape index (κ3) is 5.94. The number of nitrogens with one attached hydrogen (secondary N) is 1. The average Bonchev–Trinajstić information content (AvgIpc) is 2.40. The first-order chi connectivity index (χ1) is 8.98. The first kappa shape index (κ1) is 16.5. The number of likely N-dealkylation sites (N-methyl/N-ethyl adjacent to an activating group) is 1. The van der Waals surface area contributed by atoms with E-state index in [-0.39, 0.29) is 5.60 Å². The summed E-state index contributed by atoms with van der Waals surface area (Å²) in [6.45, 7) is 8.41. The predicted octanol–water partition coefficient (Wildman–Crippen LogP) is 4.24. The lowest BCUT2D eigenvalue weighted by atomic mass is 9.89. The molecule has 108 valence electrons. The third-order valence-corrected chi connectivity index (χ3v) is 3.88. The van der Waals surface area contributed by atoms with Crippen LogP contribution in [0, 0.1) is 0 Å². The smallest absolute Gasteiger partial charge is 0.0623 e. The highest BCUT2D eigenvalue weighted by Gasteiger charge is 2.20. The molecule has 0 aliphatic heterocycles. The van der Waals surface area contributed by atoms with Crippen LogP contribution in [0.15, 0.2) is 24.3 Å². The van der Waals surface area contributed by atoms with Crippen LogP contribution in [0.25, 0.3) is 0 Å². The molecule has 0 fully saturated rings. The van der Waals surface area contributed by atoms with Gasteiger partial charge in [-0.15, -0.1) is 0 Å². The van der Waals surface area contributed by atoms with E-state index >= 15 is 0 Å². The Morgan fingerprint density at radius 1 is 1.26 bits per heavy atom. The summed E-state index contributed by atoms with van der Waals surface area (Å²) >= 11 is 5.96. The molecule has 1 N–H and O–H groups in total.